The molecule has 1 aromatic heterocycles. The number of benzene rings is 2. The van der Waals surface area contributed by atoms with Gasteiger partial charge in [0.2, 0.25) is 11.8 Å². The van der Waals surface area contributed by atoms with Crippen molar-refractivity contribution in [1.82, 2.24) is 10.3 Å². The summed E-state index contributed by atoms with van der Waals surface area (Å²) in [7, 11) is 0. The van der Waals surface area contributed by atoms with Crippen LogP contribution in [0.15, 0.2) is 46.9 Å². The summed E-state index contributed by atoms with van der Waals surface area (Å²) in [5, 5.41) is 6.47. The number of nitrogens with zero attached hydrogens (tertiary/aromatic N) is 1. The minimum Gasteiger partial charge on any atom is -0.481 e. The number of amides is 2. The Labute approximate surface area is 203 Å². The molecule has 178 valence electrons. The van der Waals surface area contributed by atoms with E-state index in [-0.39, 0.29) is 24.3 Å². The summed E-state index contributed by atoms with van der Waals surface area (Å²) in [6.45, 7) is 5.55. The number of para-hydroxylation sites is 1. The Kier molecular flexibility index (Phi) is 7.22. The van der Waals surface area contributed by atoms with Crippen molar-refractivity contribution in [2.75, 3.05) is 5.32 Å². The van der Waals surface area contributed by atoms with Crippen molar-refractivity contribution in [2.24, 2.45) is 5.92 Å². The summed E-state index contributed by atoms with van der Waals surface area (Å²) in [6.07, 6.45) is 2.25. The first-order valence-corrected chi connectivity index (χ1v) is 11.8. The number of aryl methyl sites for hydroxylation is 2. The highest BCUT2D eigenvalue weighted by molar-refractivity contribution is 6.30. The van der Waals surface area contributed by atoms with Gasteiger partial charge in [0.25, 0.3) is 5.91 Å². The zero-order chi connectivity index (χ0) is 24.2. The number of aromatic nitrogens is 1. The van der Waals surface area contributed by atoms with Gasteiger partial charge in [0, 0.05) is 10.9 Å². The smallest absolute Gasteiger partial charge is 0.261 e. The Hall–Kier alpha value is -3.32. The van der Waals surface area contributed by atoms with Crippen LogP contribution in [0.3, 0.4) is 0 Å². The highest BCUT2D eigenvalue weighted by Gasteiger charge is 2.26. The van der Waals surface area contributed by atoms with Crippen molar-refractivity contribution >= 4 is 29.1 Å². The van der Waals surface area contributed by atoms with Crippen molar-refractivity contribution in [3.05, 3.63) is 64.5 Å². The lowest BCUT2D eigenvalue weighted by Gasteiger charge is -2.24. The second-order valence-electron chi connectivity index (χ2n) is 8.57. The Morgan fingerprint density at radius 2 is 1.97 bits per heavy atom. The third-order valence-corrected chi connectivity index (χ3v) is 6.26. The first-order valence-electron chi connectivity index (χ1n) is 11.4. The van der Waals surface area contributed by atoms with Gasteiger partial charge in [0.1, 0.15) is 17.2 Å². The predicted octanol–water partition coefficient (Wildman–Crippen LogP) is 5.43. The lowest BCUT2D eigenvalue weighted by molar-refractivity contribution is -0.127. The van der Waals surface area contributed by atoms with Crippen LogP contribution in [0.4, 0.5) is 5.69 Å². The number of hydrogen-bond donors (Lipinski definition) is 2. The monoisotopic (exact) mass is 481 g/mol. The Balaban J connectivity index is 1.40. The van der Waals surface area contributed by atoms with E-state index in [0.717, 1.165) is 24.8 Å². The van der Waals surface area contributed by atoms with Crippen LogP contribution in [0, 0.1) is 19.8 Å². The maximum absolute atomic E-state index is 12.6. The van der Waals surface area contributed by atoms with Gasteiger partial charge in [0.05, 0.1) is 17.8 Å². The molecule has 7 nitrogen and oxygen atoms in total. The summed E-state index contributed by atoms with van der Waals surface area (Å²) < 4.78 is 11.7. The quantitative estimate of drug-likeness (QED) is 0.447. The van der Waals surface area contributed by atoms with Gasteiger partial charge < -0.3 is 19.8 Å². The van der Waals surface area contributed by atoms with E-state index in [2.05, 4.69) is 15.6 Å². The molecule has 8 heteroatoms. The van der Waals surface area contributed by atoms with E-state index in [1.165, 1.54) is 0 Å². The van der Waals surface area contributed by atoms with Gasteiger partial charge in [-0.1, -0.05) is 30.2 Å². The predicted molar refractivity (Wildman–Crippen MR) is 131 cm³/mol. The molecule has 0 aliphatic heterocycles. The van der Waals surface area contributed by atoms with E-state index in [4.69, 9.17) is 20.8 Å². The molecule has 1 aliphatic rings. The van der Waals surface area contributed by atoms with E-state index < -0.39 is 6.10 Å². The number of carbonyl (C=O) groups excluding carboxylic acids is 2. The maximum atomic E-state index is 12.6. The van der Waals surface area contributed by atoms with Crippen LogP contribution in [0.2, 0.25) is 5.02 Å². The number of hydrogen-bond acceptors (Lipinski definition) is 5. The average molecular weight is 482 g/mol. The van der Waals surface area contributed by atoms with Gasteiger partial charge in [-0.15, -0.1) is 0 Å². The standard InChI is InChI=1S/C26H28ClN3O4/c1-15-13-19(27)11-12-23(15)33-17(3)24(31)28-14-22-16(2)34-26(30-22)20-9-4-5-10-21(20)29-25(32)18-7-6-8-18/h4-5,9-13,17-18H,6-8,14H2,1-3H3,(H,28,31)(H,29,32)/t17-/m1/s1. The molecule has 1 atom stereocenters. The first-order chi connectivity index (χ1) is 16.3. The fraction of sp³-hybridized carbons (Fsp3) is 0.346. The van der Waals surface area contributed by atoms with Crippen LogP contribution in [-0.4, -0.2) is 22.9 Å². The van der Waals surface area contributed by atoms with E-state index in [9.17, 15) is 9.59 Å². The highest BCUT2D eigenvalue weighted by Crippen LogP contribution is 2.32. The molecule has 2 N–H and O–H groups in total. The molecule has 0 saturated heterocycles. The van der Waals surface area contributed by atoms with Crippen LogP contribution in [0.25, 0.3) is 11.5 Å². The Morgan fingerprint density at radius 3 is 2.68 bits per heavy atom. The van der Waals surface area contributed by atoms with Crippen molar-refractivity contribution in [3.8, 4) is 17.2 Å². The number of oxazole rings is 1. The van der Waals surface area contributed by atoms with Gasteiger partial charge >= 0.3 is 0 Å². The van der Waals surface area contributed by atoms with Crippen molar-refractivity contribution in [3.63, 3.8) is 0 Å². The summed E-state index contributed by atoms with van der Waals surface area (Å²) in [4.78, 5) is 29.6. The van der Waals surface area contributed by atoms with Crippen LogP contribution < -0.4 is 15.4 Å². The van der Waals surface area contributed by atoms with Crippen LogP contribution in [0.1, 0.15) is 43.2 Å². The molecule has 1 fully saturated rings. The molecule has 1 aliphatic carbocycles. The topological polar surface area (TPSA) is 93.5 Å². The van der Waals surface area contributed by atoms with Gasteiger partial charge in [-0.2, -0.15) is 0 Å². The molecule has 3 aromatic rings. The summed E-state index contributed by atoms with van der Waals surface area (Å²) in [5.41, 5.74) is 2.83. The lowest BCUT2D eigenvalue weighted by Crippen LogP contribution is -2.36. The maximum Gasteiger partial charge on any atom is 0.261 e. The first kappa shape index (κ1) is 23.8. The van der Waals surface area contributed by atoms with E-state index >= 15 is 0 Å². The minimum absolute atomic E-state index is 0.0272. The normalized spacial score (nSPS) is 14.2. The minimum atomic E-state index is -0.700. The number of anilines is 1. The third-order valence-electron chi connectivity index (χ3n) is 6.02. The van der Waals surface area contributed by atoms with E-state index in [0.29, 0.717) is 39.4 Å². The second kappa shape index (κ2) is 10.3. The fourth-order valence-electron chi connectivity index (χ4n) is 3.69. The number of halogens is 1. The Bertz CT molecular complexity index is 1200. The molecule has 4 rings (SSSR count). The number of ether oxygens (including phenoxy) is 1. The van der Waals surface area contributed by atoms with Gasteiger partial charge in [-0.3, -0.25) is 9.59 Å². The third kappa shape index (κ3) is 5.42. The number of rotatable bonds is 8. The van der Waals surface area contributed by atoms with Crippen molar-refractivity contribution in [1.29, 1.82) is 0 Å². The molecule has 34 heavy (non-hydrogen) atoms. The molecular formula is C26H28ClN3O4. The lowest BCUT2D eigenvalue weighted by atomic mass is 9.85. The molecule has 0 bridgehead atoms. The molecule has 2 amide bonds. The van der Waals surface area contributed by atoms with Crippen molar-refractivity contribution in [2.45, 2.75) is 52.7 Å². The zero-order valence-electron chi connectivity index (χ0n) is 19.5. The van der Waals surface area contributed by atoms with E-state index in [1.54, 1.807) is 32.0 Å². The average Bonchev–Trinajstić information content (AvgIpc) is 3.13. The highest BCUT2D eigenvalue weighted by atomic mass is 35.5. The number of nitrogens with one attached hydrogen (secondary N) is 2. The largest absolute Gasteiger partial charge is 0.481 e. The summed E-state index contributed by atoms with van der Waals surface area (Å²) >= 11 is 5.98. The van der Waals surface area contributed by atoms with Gasteiger partial charge in [-0.25, -0.2) is 4.98 Å². The van der Waals surface area contributed by atoms with Gasteiger partial charge in [0.15, 0.2) is 6.10 Å². The van der Waals surface area contributed by atoms with Crippen LogP contribution in [0.5, 0.6) is 5.75 Å². The molecule has 2 aromatic carbocycles. The van der Waals surface area contributed by atoms with Crippen LogP contribution in [-0.2, 0) is 16.1 Å². The summed E-state index contributed by atoms with van der Waals surface area (Å²) in [6, 6.07) is 12.7. The van der Waals surface area contributed by atoms with Gasteiger partial charge in [-0.05, 0) is 69.5 Å². The molecule has 1 saturated carbocycles. The van der Waals surface area contributed by atoms with E-state index in [1.807, 2.05) is 31.2 Å². The number of carbonyl (C=O) groups is 2. The molecular weight excluding hydrogens is 454 g/mol. The zero-order valence-corrected chi connectivity index (χ0v) is 20.2. The Morgan fingerprint density at radius 1 is 1.21 bits per heavy atom. The fourth-order valence-corrected chi connectivity index (χ4v) is 3.92. The second-order valence-corrected chi connectivity index (χ2v) is 9.01. The van der Waals surface area contributed by atoms with Crippen molar-refractivity contribution < 1.29 is 18.7 Å². The molecule has 0 unspecified atom stereocenters. The van der Waals surface area contributed by atoms with Crippen LogP contribution >= 0.6 is 11.6 Å². The molecule has 0 spiro atoms. The molecule has 1 heterocycles. The SMILES string of the molecule is Cc1cc(Cl)ccc1O[C@H](C)C(=O)NCc1nc(-c2ccccc2NC(=O)C2CCC2)oc1C. The summed E-state index contributed by atoms with van der Waals surface area (Å²) in [5.74, 6) is 1.43. The molecule has 0 radical (unpaired) electrons.